The predicted octanol–water partition coefficient (Wildman–Crippen LogP) is 4.75. The van der Waals surface area contributed by atoms with E-state index in [0.717, 1.165) is 30.0 Å². The van der Waals surface area contributed by atoms with Gasteiger partial charge in [-0.15, -0.1) is 0 Å². The van der Waals surface area contributed by atoms with Gasteiger partial charge in [0.2, 0.25) is 0 Å². The van der Waals surface area contributed by atoms with E-state index in [1.807, 2.05) is 37.4 Å². The highest BCUT2D eigenvalue weighted by Gasteiger charge is 2.14. The number of halogens is 3. The van der Waals surface area contributed by atoms with Crippen molar-refractivity contribution in [2.75, 3.05) is 13.6 Å². The highest BCUT2D eigenvalue weighted by atomic mass is 35.5. The summed E-state index contributed by atoms with van der Waals surface area (Å²) in [6, 6.07) is 12.8. The Hall–Kier alpha value is -1.09. The molecule has 4 heteroatoms. The van der Waals surface area contributed by atoms with Gasteiger partial charge in [-0.2, -0.15) is 0 Å². The monoisotopic (exact) mass is 325 g/mol. The van der Waals surface area contributed by atoms with Gasteiger partial charge in [0.05, 0.1) is 5.02 Å². The van der Waals surface area contributed by atoms with Crippen molar-refractivity contribution in [2.45, 2.75) is 12.8 Å². The fraction of sp³-hybridized carbons (Fsp3) is 0.294. The van der Waals surface area contributed by atoms with Gasteiger partial charge in [0.15, 0.2) is 0 Å². The Morgan fingerprint density at radius 2 is 1.76 bits per heavy atom. The Kier molecular flexibility index (Phi) is 6.04. The van der Waals surface area contributed by atoms with Gasteiger partial charge in [0, 0.05) is 5.02 Å². The summed E-state index contributed by atoms with van der Waals surface area (Å²) in [5.41, 5.74) is 2.07. The van der Waals surface area contributed by atoms with Crippen LogP contribution in [0.15, 0.2) is 42.5 Å². The van der Waals surface area contributed by atoms with Crippen molar-refractivity contribution < 1.29 is 4.39 Å². The van der Waals surface area contributed by atoms with Crippen molar-refractivity contribution in [3.8, 4) is 0 Å². The highest BCUT2D eigenvalue weighted by Crippen LogP contribution is 2.24. The summed E-state index contributed by atoms with van der Waals surface area (Å²) in [5, 5.41) is 4.16. The Balaban J connectivity index is 2.11. The van der Waals surface area contributed by atoms with E-state index in [9.17, 15) is 4.39 Å². The largest absolute Gasteiger partial charge is 0.319 e. The molecule has 1 atom stereocenters. The van der Waals surface area contributed by atoms with Crippen LogP contribution in [0.1, 0.15) is 11.1 Å². The smallest absolute Gasteiger partial charge is 0.142 e. The molecule has 0 fully saturated rings. The van der Waals surface area contributed by atoms with Crippen LogP contribution < -0.4 is 5.32 Å². The average Bonchev–Trinajstić information content (AvgIpc) is 2.46. The molecule has 0 saturated carbocycles. The number of hydrogen-bond donors (Lipinski definition) is 1. The predicted molar refractivity (Wildman–Crippen MR) is 87.7 cm³/mol. The molecular weight excluding hydrogens is 308 g/mol. The molecule has 112 valence electrons. The molecule has 0 amide bonds. The van der Waals surface area contributed by atoms with E-state index < -0.39 is 0 Å². The second-order valence-corrected chi connectivity index (χ2v) is 5.99. The van der Waals surface area contributed by atoms with Crippen molar-refractivity contribution in [3.63, 3.8) is 0 Å². The molecule has 2 aromatic rings. The Labute approximate surface area is 135 Å². The molecule has 0 aliphatic carbocycles. The maximum Gasteiger partial charge on any atom is 0.142 e. The van der Waals surface area contributed by atoms with E-state index in [-0.39, 0.29) is 10.8 Å². The van der Waals surface area contributed by atoms with Crippen molar-refractivity contribution in [1.82, 2.24) is 5.32 Å². The zero-order valence-corrected chi connectivity index (χ0v) is 13.4. The third-order valence-corrected chi connectivity index (χ3v) is 4.15. The second kappa shape index (κ2) is 7.79. The lowest BCUT2D eigenvalue weighted by Gasteiger charge is -2.18. The van der Waals surface area contributed by atoms with Crippen LogP contribution in [0.2, 0.25) is 10.0 Å². The van der Waals surface area contributed by atoms with Crippen molar-refractivity contribution in [1.29, 1.82) is 0 Å². The topological polar surface area (TPSA) is 12.0 Å². The molecule has 0 spiro atoms. The Morgan fingerprint density at radius 1 is 1.05 bits per heavy atom. The minimum absolute atomic E-state index is 0.231. The number of benzene rings is 2. The molecule has 1 N–H and O–H groups in total. The van der Waals surface area contributed by atoms with Crippen LogP contribution in [0.5, 0.6) is 0 Å². The zero-order chi connectivity index (χ0) is 15.2. The first-order valence-electron chi connectivity index (χ1n) is 6.92. The number of hydrogen-bond acceptors (Lipinski definition) is 1. The van der Waals surface area contributed by atoms with Gasteiger partial charge in [-0.25, -0.2) is 4.39 Å². The van der Waals surface area contributed by atoms with Gasteiger partial charge in [-0.1, -0.05) is 47.5 Å². The van der Waals surface area contributed by atoms with Crippen LogP contribution >= 0.6 is 23.2 Å². The lowest BCUT2D eigenvalue weighted by atomic mass is 9.92. The molecule has 2 aromatic carbocycles. The lowest BCUT2D eigenvalue weighted by molar-refractivity contribution is 0.492. The molecule has 2 rings (SSSR count). The van der Waals surface area contributed by atoms with Crippen LogP contribution in [0.4, 0.5) is 4.39 Å². The summed E-state index contributed by atoms with van der Waals surface area (Å²) in [7, 11) is 1.92. The maximum absolute atomic E-state index is 13.5. The third-order valence-electron chi connectivity index (χ3n) is 3.47. The van der Waals surface area contributed by atoms with E-state index in [0.29, 0.717) is 5.92 Å². The fourth-order valence-corrected chi connectivity index (χ4v) is 2.81. The quantitative estimate of drug-likeness (QED) is 0.807. The van der Waals surface area contributed by atoms with Gasteiger partial charge in [-0.05, 0) is 61.7 Å². The van der Waals surface area contributed by atoms with Crippen LogP contribution in [0, 0.1) is 11.7 Å². The summed E-state index contributed by atoms with van der Waals surface area (Å²) in [5.74, 6) is -0.0145. The molecule has 0 radical (unpaired) electrons. The molecular formula is C17H18Cl2FN. The van der Waals surface area contributed by atoms with Crippen molar-refractivity contribution >= 4 is 23.2 Å². The molecule has 1 nitrogen and oxygen atoms in total. The maximum atomic E-state index is 13.5. The summed E-state index contributed by atoms with van der Waals surface area (Å²) in [4.78, 5) is 0. The first kappa shape index (κ1) is 16.3. The molecule has 21 heavy (non-hydrogen) atoms. The van der Waals surface area contributed by atoms with Gasteiger partial charge in [0.1, 0.15) is 5.82 Å². The van der Waals surface area contributed by atoms with Crippen molar-refractivity contribution in [3.05, 3.63) is 69.5 Å². The average molecular weight is 326 g/mol. The molecule has 0 aliphatic heterocycles. The fourth-order valence-electron chi connectivity index (χ4n) is 2.48. The molecule has 0 aromatic heterocycles. The van der Waals surface area contributed by atoms with E-state index in [1.54, 1.807) is 6.07 Å². The summed E-state index contributed by atoms with van der Waals surface area (Å²) in [6.07, 6.45) is 1.63. The standard InChI is InChI=1S/C17H18Cl2FN/c1-21-11-13(9-12-5-7-15(18)8-6-12)10-14-3-2-4-16(20)17(14)19/h2-8,13,21H,9-11H2,1H3. The highest BCUT2D eigenvalue weighted by molar-refractivity contribution is 6.31. The first-order chi connectivity index (χ1) is 10.1. The normalized spacial score (nSPS) is 12.4. The van der Waals surface area contributed by atoms with E-state index in [2.05, 4.69) is 5.32 Å². The molecule has 0 saturated heterocycles. The second-order valence-electron chi connectivity index (χ2n) is 5.17. The molecule has 0 bridgehead atoms. The minimum Gasteiger partial charge on any atom is -0.319 e. The van der Waals surface area contributed by atoms with Gasteiger partial charge in [0.25, 0.3) is 0 Å². The van der Waals surface area contributed by atoms with Gasteiger partial charge < -0.3 is 5.32 Å². The van der Waals surface area contributed by atoms with Crippen molar-refractivity contribution in [2.24, 2.45) is 5.92 Å². The third kappa shape index (κ3) is 4.70. The number of nitrogens with one attached hydrogen (secondary N) is 1. The van der Waals surface area contributed by atoms with Crippen LogP contribution in [-0.2, 0) is 12.8 Å². The van der Waals surface area contributed by atoms with Crippen LogP contribution in [0.25, 0.3) is 0 Å². The number of rotatable bonds is 6. The van der Waals surface area contributed by atoms with E-state index >= 15 is 0 Å². The summed E-state index contributed by atoms with van der Waals surface area (Å²) < 4.78 is 13.5. The van der Waals surface area contributed by atoms with Gasteiger partial charge >= 0.3 is 0 Å². The summed E-state index contributed by atoms with van der Waals surface area (Å²) >= 11 is 12.0. The van der Waals surface area contributed by atoms with E-state index in [4.69, 9.17) is 23.2 Å². The molecule has 0 aliphatic rings. The lowest BCUT2D eigenvalue weighted by Crippen LogP contribution is -2.23. The zero-order valence-electron chi connectivity index (χ0n) is 11.9. The van der Waals surface area contributed by atoms with E-state index in [1.165, 1.54) is 11.6 Å². The van der Waals surface area contributed by atoms with Crippen LogP contribution in [-0.4, -0.2) is 13.6 Å². The molecule has 1 unspecified atom stereocenters. The minimum atomic E-state index is -0.358. The summed E-state index contributed by atoms with van der Waals surface area (Å²) in [6.45, 7) is 0.843. The SMILES string of the molecule is CNCC(Cc1ccc(Cl)cc1)Cc1cccc(F)c1Cl. The van der Waals surface area contributed by atoms with Gasteiger partial charge in [-0.3, -0.25) is 0 Å². The Bertz CT molecular complexity index is 584. The van der Waals surface area contributed by atoms with Crippen LogP contribution in [0.3, 0.4) is 0 Å². The molecule has 0 heterocycles. The Morgan fingerprint density at radius 3 is 2.43 bits per heavy atom. The first-order valence-corrected chi connectivity index (χ1v) is 7.67.